The van der Waals surface area contributed by atoms with Crippen molar-refractivity contribution in [2.75, 3.05) is 6.61 Å². The third-order valence-corrected chi connectivity index (χ3v) is 5.61. The van der Waals surface area contributed by atoms with E-state index in [-0.39, 0.29) is 0 Å². The first kappa shape index (κ1) is 23.4. The molecule has 0 aliphatic carbocycles. The summed E-state index contributed by atoms with van der Waals surface area (Å²) >= 11 is 0. The lowest BCUT2D eigenvalue weighted by atomic mass is 10.0. The van der Waals surface area contributed by atoms with E-state index in [1.807, 2.05) is 18.2 Å². The summed E-state index contributed by atoms with van der Waals surface area (Å²) in [7, 11) is -2.10. The Morgan fingerprint density at radius 2 is 1.62 bits per heavy atom. The Morgan fingerprint density at radius 1 is 0.923 bits per heavy atom. The molecule has 1 aromatic carbocycles. The fourth-order valence-corrected chi connectivity index (χ4v) is 3.79. The number of rotatable bonds is 16. The normalized spacial score (nSPS) is 13.5. The molecule has 1 rings (SSSR count). The Labute approximate surface area is 162 Å². The molecule has 0 N–H and O–H groups in total. The maximum atomic E-state index is 12.2. The molecule has 26 heavy (non-hydrogen) atoms. The van der Waals surface area contributed by atoms with Crippen LogP contribution in [0.5, 0.6) is 5.75 Å². The lowest BCUT2D eigenvalue weighted by molar-refractivity contribution is -0.197. The minimum Gasteiger partial charge on any atom is -0.776 e. The van der Waals surface area contributed by atoms with E-state index in [4.69, 9.17) is 9.05 Å². The highest BCUT2D eigenvalue weighted by molar-refractivity contribution is 7.39. The van der Waals surface area contributed by atoms with Gasteiger partial charge in [-0.25, -0.2) is 0 Å². The van der Waals surface area contributed by atoms with Crippen LogP contribution in [-0.2, 0) is 10.9 Å². The average Bonchev–Trinajstić information content (AvgIpc) is 2.66. The van der Waals surface area contributed by atoms with Crippen molar-refractivity contribution in [3.05, 3.63) is 29.8 Å². The molecule has 0 saturated carbocycles. The molecule has 0 heterocycles. The molecule has 2 atom stereocenters. The van der Waals surface area contributed by atoms with E-state index >= 15 is 0 Å². The van der Waals surface area contributed by atoms with Crippen LogP contribution in [0.1, 0.15) is 90.5 Å². The third kappa shape index (κ3) is 10.5. The molecule has 3 nitrogen and oxygen atoms in total. The summed E-state index contributed by atoms with van der Waals surface area (Å²) in [5, 5.41) is 0. The van der Waals surface area contributed by atoms with Crippen LogP contribution in [-0.4, -0.2) is 6.61 Å². The van der Waals surface area contributed by atoms with Crippen LogP contribution < -0.4 is 9.42 Å². The highest BCUT2D eigenvalue weighted by Gasteiger charge is 2.10. The Morgan fingerprint density at radius 3 is 2.35 bits per heavy atom. The highest BCUT2D eigenvalue weighted by atomic mass is 31.2. The fraction of sp³-hybridized carbons (Fsp3) is 0.727. The molecule has 0 fully saturated rings. The second kappa shape index (κ2) is 15.4. The second-order valence-corrected chi connectivity index (χ2v) is 8.04. The van der Waals surface area contributed by atoms with Crippen LogP contribution in [0.3, 0.4) is 0 Å². The molecule has 4 heteroatoms. The molecule has 1 aromatic rings. The van der Waals surface area contributed by atoms with Crippen molar-refractivity contribution in [2.45, 2.75) is 91.4 Å². The molecule has 0 aliphatic rings. The summed E-state index contributed by atoms with van der Waals surface area (Å²) in [6, 6.07) is 7.92. The van der Waals surface area contributed by atoms with Gasteiger partial charge in [-0.3, -0.25) is 0 Å². The third-order valence-electron chi connectivity index (χ3n) is 4.90. The molecule has 0 aliphatic heterocycles. The molecule has 0 radical (unpaired) electrons. The van der Waals surface area contributed by atoms with Gasteiger partial charge in [-0.2, -0.15) is 0 Å². The number of para-hydroxylation sites is 1. The smallest absolute Gasteiger partial charge is 0.147 e. The SMILES string of the molecule is CCCCCCCCc1ccccc1OP([O-])OCC(CC)CCCC. The number of hydrogen-bond acceptors (Lipinski definition) is 3. The first-order valence-corrected chi connectivity index (χ1v) is 11.7. The van der Waals surface area contributed by atoms with Crippen LogP contribution >= 0.6 is 8.60 Å². The van der Waals surface area contributed by atoms with E-state index in [1.54, 1.807) is 0 Å². The molecule has 2 unspecified atom stereocenters. The van der Waals surface area contributed by atoms with Crippen molar-refractivity contribution in [1.82, 2.24) is 0 Å². The predicted molar refractivity (Wildman–Crippen MR) is 110 cm³/mol. The Hall–Kier alpha value is -0.630. The van der Waals surface area contributed by atoms with E-state index in [1.165, 1.54) is 44.9 Å². The summed E-state index contributed by atoms with van der Waals surface area (Å²) < 4.78 is 11.1. The molecule has 0 saturated heterocycles. The van der Waals surface area contributed by atoms with E-state index in [0.29, 0.717) is 18.3 Å². The van der Waals surface area contributed by atoms with Crippen molar-refractivity contribution in [3.8, 4) is 5.75 Å². The van der Waals surface area contributed by atoms with Gasteiger partial charge < -0.3 is 13.9 Å². The lowest BCUT2D eigenvalue weighted by Crippen LogP contribution is -2.12. The maximum absolute atomic E-state index is 12.2. The van der Waals surface area contributed by atoms with Gasteiger partial charge in [0, 0.05) is 0 Å². The van der Waals surface area contributed by atoms with Crippen molar-refractivity contribution < 1.29 is 13.9 Å². The average molecular weight is 382 g/mol. The van der Waals surface area contributed by atoms with Gasteiger partial charge in [-0.15, -0.1) is 0 Å². The van der Waals surface area contributed by atoms with Crippen LogP contribution in [0, 0.1) is 5.92 Å². The summed E-state index contributed by atoms with van der Waals surface area (Å²) in [6.07, 6.45) is 13.2. The summed E-state index contributed by atoms with van der Waals surface area (Å²) in [6.45, 7) is 7.11. The quantitative estimate of drug-likeness (QED) is 0.234. The van der Waals surface area contributed by atoms with Gasteiger partial charge in [-0.1, -0.05) is 90.3 Å². The molecule has 0 amide bonds. The Balaban J connectivity index is 2.38. The topological polar surface area (TPSA) is 41.5 Å². The van der Waals surface area contributed by atoms with Gasteiger partial charge in [0.2, 0.25) is 0 Å². The number of hydrogen-bond donors (Lipinski definition) is 0. The van der Waals surface area contributed by atoms with Crippen LogP contribution in [0.4, 0.5) is 0 Å². The summed E-state index contributed by atoms with van der Waals surface area (Å²) in [5.74, 6) is 1.18. The zero-order chi connectivity index (χ0) is 19.0. The van der Waals surface area contributed by atoms with Gasteiger partial charge >= 0.3 is 0 Å². The first-order valence-electron chi connectivity index (χ1n) is 10.6. The van der Waals surface area contributed by atoms with Gasteiger partial charge in [-0.05, 0) is 36.8 Å². The van der Waals surface area contributed by atoms with E-state index in [0.717, 1.165) is 31.2 Å². The van der Waals surface area contributed by atoms with Gasteiger partial charge in [0.15, 0.2) is 0 Å². The zero-order valence-electron chi connectivity index (χ0n) is 17.0. The number of benzene rings is 1. The number of aryl methyl sites for hydroxylation is 1. The molecular formula is C22H38O3P-. The van der Waals surface area contributed by atoms with Crippen LogP contribution in [0.25, 0.3) is 0 Å². The fourth-order valence-electron chi connectivity index (χ4n) is 3.07. The van der Waals surface area contributed by atoms with Crippen LogP contribution in [0.2, 0.25) is 0 Å². The van der Waals surface area contributed by atoms with E-state index < -0.39 is 8.60 Å². The first-order chi connectivity index (χ1) is 12.7. The van der Waals surface area contributed by atoms with Crippen molar-refractivity contribution in [2.24, 2.45) is 5.92 Å². The molecule has 0 bridgehead atoms. The maximum Gasteiger partial charge on any atom is 0.147 e. The van der Waals surface area contributed by atoms with Gasteiger partial charge in [0.1, 0.15) is 14.4 Å². The minimum atomic E-state index is -2.10. The molecule has 0 aromatic heterocycles. The zero-order valence-corrected chi connectivity index (χ0v) is 17.9. The molecule has 150 valence electrons. The molecular weight excluding hydrogens is 343 g/mol. The highest BCUT2D eigenvalue weighted by Crippen LogP contribution is 2.35. The van der Waals surface area contributed by atoms with Crippen molar-refractivity contribution >= 4 is 8.60 Å². The number of unbranched alkanes of at least 4 members (excludes halogenated alkanes) is 6. The van der Waals surface area contributed by atoms with Crippen molar-refractivity contribution in [1.29, 1.82) is 0 Å². The van der Waals surface area contributed by atoms with Gasteiger partial charge in [0.05, 0.1) is 6.61 Å². The minimum absolute atomic E-state index is 0.468. The van der Waals surface area contributed by atoms with Crippen molar-refractivity contribution in [3.63, 3.8) is 0 Å². The largest absolute Gasteiger partial charge is 0.776 e. The summed E-state index contributed by atoms with van der Waals surface area (Å²) in [5.41, 5.74) is 1.13. The molecule has 0 spiro atoms. The predicted octanol–water partition coefficient (Wildman–Crippen LogP) is 6.79. The lowest BCUT2D eigenvalue weighted by Gasteiger charge is -2.26. The monoisotopic (exact) mass is 381 g/mol. The van der Waals surface area contributed by atoms with Crippen LogP contribution in [0.15, 0.2) is 24.3 Å². The van der Waals surface area contributed by atoms with Gasteiger partial charge in [0.25, 0.3) is 0 Å². The second-order valence-electron chi connectivity index (χ2n) is 7.15. The van der Waals surface area contributed by atoms with E-state index in [9.17, 15) is 4.89 Å². The standard InChI is InChI=1S/C22H38O3P/c1-4-7-9-10-11-12-16-21-17-13-14-18-22(21)25-26(23)24-19-20(6-3)15-8-5-2/h13-14,17-18,20H,4-12,15-16,19H2,1-3H3/q-1. The summed E-state index contributed by atoms with van der Waals surface area (Å²) in [4.78, 5) is 12.2. The van der Waals surface area contributed by atoms with E-state index in [2.05, 4.69) is 26.8 Å². The Kier molecular flexibility index (Phi) is 13.9. The Bertz CT molecular complexity index is 453.